The van der Waals surface area contributed by atoms with Crippen molar-refractivity contribution in [2.75, 3.05) is 13.1 Å². The van der Waals surface area contributed by atoms with E-state index in [2.05, 4.69) is 29.8 Å². The van der Waals surface area contributed by atoms with Gasteiger partial charge in [0.05, 0.1) is 16.5 Å². The molecule has 2 heterocycles. The Morgan fingerprint density at radius 2 is 1.82 bits per heavy atom. The van der Waals surface area contributed by atoms with Crippen molar-refractivity contribution in [1.29, 1.82) is 5.26 Å². The van der Waals surface area contributed by atoms with Crippen LogP contribution in [-0.4, -0.2) is 30.8 Å². The molecule has 5 nitrogen and oxygen atoms in total. The summed E-state index contributed by atoms with van der Waals surface area (Å²) < 4.78 is 28.4. The lowest BCUT2D eigenvalue weighted by molar-refractivity contribution is 0.444. The van der Waals surface area contributed by atoms with E-state index in [-0.39, 0.29) is 18.4 Å². The number of nitrogens with zero attached hydrogens (tertiary/aromatic N) is 2. The van der Waals surface area contributed by atoms with Crippen molar-refractivity contribution in [3.8, 4) is 6.07 Å². The van der Waals surface area contributed by atoms with Gasteiger partial charge >= 0.3 is 0 Å². The molecule has 0 bridgehead atoms. The van der Waals surface area contributed by atoms with Gasteiger partial charge in [-0.3, -0.25) is 0 Å². The maximum atomic E-state index is 13.4. The first-order valence-electron chi connectivity index (χ1n) is 11.2. The molecule has 0 amide bonds. The van der Waals surface area contributed by atoms with Crippen LogP contribution in [0.5, 0.6) is 0 Å². The number of hydrogen-bond acceptors (Lipinski definition) is 3. The number of aryl methyl sites for hydroxylation is 1. The Hall–Kier alpha value is -3.66. The summed E-state index contributed by atoms with van der Waals surface area (Å²) in [6, 6.07) is 24.9. The quantitative estimate of drug-likeness (QED) is 0.402. The molecule has 0 radical (unpaired) electrons. The summed E-state index contributed by atoms with van der Waals surface area (Å²) >= 11 is 0. The highest BCUT2D eigenvalue weighted by Gasteiger charge is 2.40. The van der Waals surface area contributed by atoms with Crippen LogP contribution in [0, 0.1) is 24.2 Å². The molecule has 1 saturated heterocycles. The van der Waals surface area contributed by atoms with Crippen LogP contribution < -0.4 is 0 Å². The highest BCUT2D eigenvalue weighted by molar-refractivity contribution is 7.89. The third kappa shape index (κ3) is 3.83. The highest BCUT2D eigenvalue weighted by Crippen LogP contribution is 2.43. The number of fused-ring (bicyclic) bond motifs is 1. The molecule has 0 unspecified atom stereocenters. The van der Waals surface area contributed by atoms with E-state index in [9.17, 15) is 13.7 Å². The summed E-state index contributed by atoms with van der Waals surface area (Å²) in [7, 11) is -3.64. The monoisotopic (exact) mass is 467 g/mol. The fourth-order valence-electron chi connectivity index (χ4n) is 4.90. The first kappa shape index (κ1) is 22.1. The third-order valence-corrected chi connectivity index (χ3v) is 8.53. The van der Waals surface area contributed by atoms with E-state index in [4.69, 9.17) is 0 Å². The van der Waals surface area contributed by atoms with Crippen LogP contribution in [-0.2, 0) is 10.0 Å². The predicted octanol–water partition coefficient (Wildman–Crippen LogP) is 5.36. The topological polar surface area (TPSA) is 77.0 Å². The molecule has 1 fully saturated rings. The Morgan fingerprint density at radius 3 is 2.53 bits per heavy atom. The zero-order valence-electron chi connectivity index (χ0n) is 18.9. The maximum absolute atomic E-state index is 13.4. The summed E-state index contributed by atoms with van der Waals surface area (Å²) in [5.41, 5.74) is 5.57. The number of hydrogen-bond donors (Lipinski definition) is 1. The molecule has 1 aliphatic heterocycles. The lowest BCUT2D eigenvalue weighted by Gasteiger charge is -2.25. The van der Waals surface area contributed by atoms with Gasteiger partial charge in [0.15, 0.2) is 0 Å². The third-order valence-electron chi connectivity index (χ3n) is 6.70. The van der Waals surface area contributed by atoms with Crippen molar-refractivity contribution in [1.82, 2.24) is 9.29 Å². The van der Waals surface area contributed by atoms with Gasteiger partial charge in [-0.2, -0.15) is 9.57 Å². The summed E-state index contributed by atoms with van der Waals surface area (Å²) in [6.45, 7) is 6.88. The Kier molecular flexibility index (Phi) is 5.60. The molecular formula is C28H25N3O2S. The average molecular weight is 468 g/mol. The second-order valence-electron chi connectivity index (χ2n) is 8.88. The first-order chi connectivity index (χ1) is 16.4. The Labute approximate surface area is 200 Å². The molecule has 1 aromatic heterocycles. The van der Waals surface area contributed by atoms with E-state index in [1.807, 2.05) is 55.6 Å². The smallest absolute Gasteiger partial charge is 0.243 e. The normalized spacial score (nSPS) is 17.6. The zero-order valence-corrected chi connectivity index (χ0v) is 19.7. The molecular weight excluding hydrogens is 442 g/mol. The average Bonchev–Trinajstić information content (AvgIpc) is 3.44. The minimum Gasteiger partial charge on any atom is -0.361 e. The van der Waals surface area contributed by atoms with Gasteiger partial charge in [-0.15, -0.1) is 0 Å². The van der Waals surface area contributed by atoms with E-state index in [1.165, 1.54) is 4.31 Å². The van der Waals surface area contributed by atoms with Crippen molar-refractivity contribution in [3.05, 3.63) is 113 Å². The van der Waals surface area contributed by atoms with Crippen molar-refractivity contribution in [2.45, 2.75) is 17.7 Å². The van der Waals surface area contributed by atoms with Crippen LogP contribution in [0.2, 0.25) is 0 Å². The molecule has 5 rings (SSSR count). The Balaban J connectivity index is 1.58. The lowest BCUT2D eigenvalue weighted by atomic mass is 9.78. The van der Waals surface area contributed by atoms with Crippen LogP contribution in [0.3, 0.4) is 0 Å². The molecule has 2 atom stereocenters. The Bertz CT molecular complexity index is 1510. The van der Waals surface area contributed by atoms with Gasteiger partial charge in [-0.1, -0.05) is 60.2 Å². The van der Waals surface area contributed by atoms with Gasteiger partial charge in [0.1, 0.15) is 0 Å². The summed E-state index contributed by atoms with van der Waals surface area (Å²) in [5, 5.41) is 10.4. The highest BCUT2D eigenvalue weighted by atomic mass is 32.2. The zero-order chi connectivity index (χ0) is 23.9. The standard InChI is InChI=1S/C28H25N3O2S/c1-19-8-11-23(12-9-19)34(32,33)31-17-20(2)26(18-31)28(22-6-4-3-5-7-22)25-16-30-27-13-10-21(15-29)14-24(25)27/h3-14,16,26,28,30H,2,17-18H2,1H3/t26-,28+/m1/s1. The van der Waals surface area contributed by atoms with Gasteiger partial charge in [-0.05, 0) is 48.4 Å². The molecule has 34 heavy (non-hydrogen) atoms. The number of sulfonamides is 1. The van der Waals surface area contributed by atoms with Crippen molar-refractivity contribution in [2.24, 2.45) is 5.92 Å². The van der Waals surface area contributed by atoms with Crippen LogP contribution in [0.4, 0.5) is 0 Å². The van der Waals surface area contributed by atoms with Crippen molar-refractivity contribution < 1.29 is 8.42 Å². The molecule has 0 saturated carbocycles. The molecule has 6 heteroatoms. The van der Waals surface area contributed by atoms with E-state index in [1.54, 1.807) is 18.2 Å². The SMILES string of the molecule is C=C1CN(S(=O)(=O)c2ccc(C)cc2)C[C@H]1[C@@H](c1ccccc1)c1c[nH]c2ccc(C#N)cc12. The van der Waals surface area contributed by atoms with E-state index >= 15 is 0 Å². The summed E-state index contributed by atoms with van der Waals surface area (Å²) in [6.07, 6.45) is 1.98. The summed E-state index contributed by atoms with van der Waals surface area (Å²) in [5.74, 6) is -0.207. The van der Waals surface area contributed by atoms with Crippen LogP contribution in [0.1, 0.15) is 28.2 Å². The van der Waals surface area contributed by atoms with Crippen molar-refractivity contribution >= 4 is 20.9 Å². The van der Waals surface area contributed by atoms with Gasteiger partial charge in [0, 0.05) is 42.0 Å². The van der Waals surface area contributed by atoms with Crippen molar-refractivity contribution in [3.63, 3.8) is 0 Å². The van der Waals surface area contributed by atoms with E-state index in [0.29, 0.717) is 17.0 Å². The number of aromatic nitrogens is 1. The van der Waals surface area contributed by atoms with Gasteiger partial charge in [0.25, 0.3) is 0 Å². The summed E-state index contributed by atoms with van der Waals surface area (Å²) in [4.78, 5) is 3.63. The van der Waals surface area contributed by atoms with E-state index in [0.717, 1.165) is 33.2 Å². The predicted molar refractivity (Wildman–Crippen MR) is 134 cm³/mol. The van der Waals surface area contributed by atoms with Gasteiger partial charge < -0.3 is 4.98 Å². The molecule has 4 aromatic rings. The van der Waals surface area contributed by atoms with Crippen LogP contribution in [0.25, 0.3) is 10.9 Å². The minimum atomic E-state index is -3.64. The number of H-pyrrole nitrogens is 1. The van der Waals surface area contributed by atoms with E-state index < -0.39 is 10.0 Å². The molecule has 170 valence electrons. The number of aromatic amines is 1. The molecule has 3 aromatic carbocycles. The second kappa shape index (κ2) is 8.60. The molecule has 1 aliphatic rings. The Morgan fingerprint density at radius 1 is 1.09 bits per heavy atom. The molecule has 0 spiro atoms. The number of benzene rings is 3. The van der Waals surface area contributed by atoms with Crippen LogP contribution in [0.15, 0.2) is 96.0 Å². The fraction of sp³-hybridized carbons (Fsp3) is 0.179. The number of nitriles is 1. The van der Waals surface area contributed by atoms with Gasteiger partial charge in [-0.25, -0.2) is 8.42 Å². The number of rotatable bonds is 5. The lowest BCUT2D eigenvalue weighted by Crippen LogP contribution is -2.30. The van der Waals surface area contributed by atoms with Crippen LogP contribution >= 0.6 is 0 Å². The second-order valence-corrected chi connectivity index (χ2v) is 10.8. The largest absolute Gasteiger partial charge is 0.361 e. The fourth-order valence-corrected chi connectivity index (χ4v) is 6.37. The molecule has 1 N–H and O–H groups in total. The maximum Gasteiger partial charge on any atom is 0.243 e. The molecule has 0 aliphatic carbocycles. The van der Waals surface area contributed by atoms with Gasteiger partial charge in [0.2, 0.25) is 10.0 Å². The first-order valence-corrected chi connectivity index (χ1v) is 12.6. The number of nitrogens with one attached hydrogen (secondary N) is 1. The minimum absolute atomic E-state index is 0.102.